The Morgan fingerprint density at radius 2 is 1.87 bits per heavy atom. The average molecular weight is 316 g/mol. The maximum Gasteiger partial charge on any atom is 0.262 e. The number of ether oxygens (including phenoxy) is 1. The van der Waals surface area contributed by atoms with Crippen LogP contribution in [0, 0.1) is 0 Å². The Morgan fingerprint density at radius 1 is 1.26 bits per heavy atom. The van der Waals surface area contributed by atoms with E-state index in [0.29, 0.717) is 17.7 Å². The molecular formula is C17H20N2O4. The summed E-state index contributed by atoms with van der Waals surface area (Å²) in [6, 6.07) is 6.60. The number of benzene rings is 1. The number of rotatable bonds is 4. The molecule has 23 heavy (non-hydrogen) atoms. The van der Waals surface area contributed by atoms with Crippen LogP contribution in [0.3, 0.4) is 0 Å². The van der Waals surface area contributed by atoms with Crippen molar-refractivity contribution in [1.29, 1.82) is 0 Å². The lowest BCUT2D eigenvalue weighted by Gasteiger charge is -2.20. The quantitative estimate of drug-likeness (QED) is 0.851. The summed E-state index contributed by atoms with van der Waals surface area (Å²) in [5.74, 6) is -1.19. The van der Waals surface area contributed by atoms with Crippen molar-refractivity contribution < 1.29 is 19.1 Å². The molecule has 6 heteroatoms. The molecule has 122 valence electrons. The number of hydrogen-bond donors (Lipinski definition) is 1. The van der Waals surface area contributed by atoms with Gasteiger partial charge in [0.2, 0.25) is 5.91 Å². The van der Waals surface area contributed by atoms with Crippen LogP contribution < -0.4 is 5.32 Å². The van der Waals surface area contributed by atoms with Crippen molar-refractivity contribution >= 4 is 17.7 Å². The second-order valence-electron chi connectivity index (χ2n) is 6.58. The normalized spacial score (nSPS) is 22.3. The molecule has 2 aliphatic rings. The van der Waals surface area contributed by atoms with Crippen LogP contribution in [0.1, 0.15) is 47.4 Å². The number of fused-ring (bicyclic) bond motifs is 1. The summed E-state index contributed by atoms with van der Waals surface area (Å²) in [5.41, 5.74) is 0.551. The smallest absolute Gasteiger partial charge is 0.262 e. The maximum absolute atomic E-state index is 12.2. The number of amides is 3. The second kappa shape index (κ2) is 5.77. The van der Waals surface area contributed by atoms with Crippen LogP contribution in [0.5, 0.6) is 0 Å². The monoisotopic (exact) mass is 316 g/mol. The van der Waals surface area contributed by atoms with E-state index in [1.807, 2.05) is 13.8 Å². The van der Waals surface area contributed by atoms with E-state index in [0.717, 1.165) is 17.7 Å². The van der Waals surface area contributed by atoms with Crippen LogP contribution >= 0.6 is 0 Å². The summed E-state index contributed by atoms with van der Waals surface area (Å²) in [5, 5.41) is 2.75. The van der Waals surface area contributed by atoms with E-state index in [2.05, 4.69) is 5.32 Å². The van der Waals surface area contributed by atoms with E-state index in [9.17, 15) is 14.4 Å². The zero-order valence-corrected chi connectivity index (χ0v) is 13.3. The third kappa shape index (κ3) is 3.12. The second-order valence-corrected chi connectivity index (χ2v) is 6.58. The van der Waals surface area contributed by atoms with Gasteiger partial charge < -0.3 is 10.1 Å². The molecule has 0 saturated carbocycles. The van der Waals surface area contributed by atoms with Crippen LogP contribution in [0.4, 0.5) is 0 Å². The van der Waals surface area contributed by atoms with Crippen LogP contribution in [0.25, 0.3) is 0 Å². The topological polar surface area (TPSA) is 75.7 Å². The highest BCUT2D eigenvalue weighted by Crippen LogP contribution is 2.28. The Balaban J connectivity index is 1.55. The fraction of sp³-hybridized carbons (Fsp3) is 0.471. The van der Waals surface area contributed by atoms with Gasteiger partial charge in [0.05, 0.1) is 22.8 Å². The number of carbonyl (C=O) groups excluding carboxylic acids is 3. The van der Waals surface area contributed by atoms with E-state index >= 15 is 0 Å². The minimum atomic E-state index is -0.418. The van der Waals surface area contributed by atoms with Crippen molar-refractivity contribution in [3.8, 4) is 0 Å². The number of hydrogen-bond acceptors (Lipinski definition) is 4. The fourth-order valence-electron chi connectivity index (χ4n) is 3.03. The first-order valence-corrected chi connectivity index (χ1v) is 7.77. The molecular weight excluding hydrogens is 296 g/mol. The third-order valence-corrected chi connectivity index (χ3v) is 4.26. The lowest BCUT2D eigenvalue weighted by molar-refractivity contribution is -0.122. The molecule has 0 radical (unpaired) electrons. The number of nitrogens with zero attached hydrogens (tertiary/aromatic N) is 1. The lowest BCUT2D eigenvalue weighted by Crippen LogP contribution is -2.42. The molecule has 2 heterocycles. The molecule has 1 N–H and O–H groups in total. The molecule has 1 fully saturated rings. The maximum atomic E-state index is 12.2. The first-order valence-electron chi connectivity index (χ1n) is 7.77. The average Bonchev–Trinajstić information content (AvgIpc) is 2.98. The van der Waals surface area contributed by atoms with Crippen molar-refractivity contribution in [1.82, 2.24) is 10.2 Å². The van der Waals surface area contributed by atoms with E-state index < -0.39 is 11.8 Å². The van der Waals surface area contributed by atoms with Gasteiger partial charge in [-0.3, -0.25) is 19.3 Å². The number of carbonyl (C=O) groups is 3. The van der Waals surface area contributed by atoms with Gasteiger partial charge in [-0.2, -0.15) is 0 Å². The molecule has 2 aliphatic heterocycles. The van der Waals surface area contributed by atoms with Gasteiger partial charge in [-0.05, 0) is 38.8 Å². The lowest BCUT2D eigenvalue weighted by atomic mass is 10.1. The summed E-state index contributed by atoms with van der Waals surface area (Å²) in [4.78, 5) is 37.4. The molecule has 0 aliphatic carbocycles. The first kappa shape index (κ1) is 15.7. The predicted octanol–water partition coefficient (Wildman–Crippen LogP) is 1.36. The van der Waals surface area contributed by atoms with E-state index in [-0.39, 0.29) is 24.2 Å². The van der Waals surface area contributed by atoms with Crippen LogP contribution in [0.15, 0.2) is 24.3 Å². The molecule has 0 bridgehead atoms. The van der Waals surface area contributed by atoms with Crippen molar-refractivity contribution in [2.75, 3.05) is 13.1 Å². The standard InChI is InChI=1S/C17H20N2O4/c1-17(2)8-7-11(23-17)9-18-14(20)10-19-15(21)12-5-3-4-6-13(12)16(19)22/h3-6,11H,7-10H2,1-2H3,(H,18,20)/t11-/m0/s1. The minimum absolute atomic E-state index is 0.0175. The molecule has 1 saturated heterocycles. The van der Waals surface area contributed by atoms with Gasteiger partial charge in [0.1, 0.15) is 6.54 Å². The Bertz CT molecular complexity index is 633. The number of nitrogens with one attached hydrogen (secondary N) is 1. The molecule has 1 aromatic rings. The highest BCUT2D eigenvalue weighted by atomic mass is 16.5. The van der Waals surface area contributed by atoms with Crippen LogP contribution in [-0.2, 0) is 9.53 Å². The third-order valence-electron chi connectivity index (χ3n) is 4.26. The highest BCUT2D eigenvalue weighted by Gasteiger charge is 2.36. The Morgan fingerprint density at radius 3 is 2.39 bits per heavy atom. The summed E-state index contributed by atoms with van der Waals surface area (Å²) >= 11 is 0. The molecule has 0 unspecified atom stereocenters. The zero-order valence-electron chi connectivity index (χ0n) is 13.3. The molecule has 1 atom stereocenters. The summed E-state index contributed by atoms with van der Waals surface area (Å²) in [7, 11) is 0. The Hall–Kier alpha value is -2.21. The van der Waals surface area contributed by atoms with Gasteiger partial charge in [-0.15, -0.1) is 0 Å². The summed E-state index contributed by atoms with van der Waals surface area (Å²) in [6.07, 6.45) is 1.82. The van der Waals surface area contributed by atoms with Gasteiger partial charge in [-0.25, -0.2) is 0 Å². The van der Waals surface area contributed by atoms with E-state index in [1.54, 1.807) is 24.3 Å². The van der Waals surface area contributed by atoms with Crippen LogP contribution in [0.2, 0.25) is 0 Å². The van der Waals surface area contributed by atoms with Gasteiger partial charge in [0.25, 0.3) is 11.8 Å². The highest BCUT2D eigenvalue weighted by molar-refractivity contribution is 6.22. The van der Waals surface area contributed by atoms with Crippen molar-refractivity contribution in [3.63, 3.8) is 0 Å². The van der Waals surface area contributed by atoms with Crippen molar-refractivity contribution in [2.24, 2.45) is 0 Å². The van der Waals surface area contributed by atoms with E-state index in [4.69, 9.17) is 4.74 Å². The predicted molar refractivity (Wildman–Crippen MR) is 83.0 cm³/mol. The van der Waals surface area contributed by atoms with Gasteiger partial charge in [0, 0.05) is 6.54 Å². The zero-order chi connectivity index (χ0) is 16.6. The summed E-state index contributed by atoms with van der Waals surface area (Å²) < 4.78 is 5.80. The summed E-state index contributed by atoms with van der Waals surface area (Å²) in [6.45, 7) is 4.18. The molecule has 0 spiro atoms. The Kier molecular flexibility index (Phi) is 3.93. The Labute approximate surface area is 134 Å². The van der Waals surface area contributed by atoms with Gasteiger partial charge in [-0.1, -0.05) is 12.1 Å². The van der Waals surface area contributed by atoms with Crippen LogP contribution in [-0.4, -0.2) is 47.4 Å². The van der Waals surface area contributed by atoms with Crippen molar-refractivity contribution in [3.05, 3.63) is 35.4 Å². The molecule has 3 rings (SSSR count). The fourth-order valence-corrected chi connectivity index (χ4v) is 3.03. The van der Waals surface area contributed by atoms with Gasteiger partial charge >= 0.3 is 0 Å². The molecule has 0 aromatic heterocycles. The molecule has 6 nitrogen and oxygen atoms in total. The number of imide groups is 1. The van der Waals surface area contributed by atoms with Crippen molar-refractivity contribution in [2.45, 2.75) is 38.4 Å². The SMILES string of the molecule is CC1(C)CC[C@@H](CNC(=O)CN2C(=O)c3ccccc3C2=O)O1. The largest absolute Gasteiger partial charge is 0.371 e. The molecule has 3 amide bonds. The van der Waals surface area contributed by atoms with E-state index in [1.165, 1.54) is 0 Å². The first-order chi connectivity index (χ1) is 10.9. The minimum Gasteiger partial charge on any atom is -0.371 e. The van der Waals surface area contributed by atoms with Gasteiger partial charge in [0.15, 0.2) is 0 Å². The molecule has 1 aromatic carbocycles.